The molecule has 0 aromatic heterocycles. The molecule has 2 aromatic carbocycles. The second kappa shape index (κ2) is 10.2. The van der Waals surface area contributed by atoms with E-state index < -0.39 is 25.1 Å². The lowest BCUT2D eigenvalue weighted by Crippen LogP contribution is -2.24. The summed E-state index contributed by atoms with van der Waals surface area (Å²) in [6.45, 7) is 0.159. The molecule has 0 bridgehead atoms. The van der Waals surface area contributed by atoms with Crippen molar-refractivity contribution in [3.8, 4) is 11.5 Å². The van der Waals surface area contributed by atoms with Crippen molar-refractivity contribution in [1.29, 1.82) is 0 Å². The molecule has 0 saturated carbocycles. The highest BCUT2D eigenvalue weighted by Crippen LogP contribution is 2.25. The largest absolute Gasteiger partial charge is 0.482 e. The van der Waals surface area contributed by atoms with Crippen molar-refractivity contribution in [1.82, 2.24) is 0 Å². The molecule has 0 aliphatic carbocycles. The van der Waals surface area contributed by atoms with E-state index in [4.69, 9.17) is 9.47 Å². The summed E-state index contributed by atoms with van der Waals surface area (Å²) < 4.78 is 39.1. The summed E-state index contributed by atoms with van der Waals surface area (Å²) in [5.41, 5.74) is 1.19. The number of para-hydroxylation sites is 2. The van der Waals surface area contributed by atoms with Gasteiger partial charge in [-0.25, -0.2) is 4.79 Å². The number of halogens is 2. The van der Waals surface area contributed by atoms with Gasteiger partial charge in [0.15, 0.2) is 13.2 Å². The maximum absolute atomic E-state index is 12.4. The molecule has 2 aromatic rings. The standard InChI is InChI=1S/C20H21F2NO5/c1-13(2)14-7-9-15(10-8-14)26-12-19(25)27-11-18(24)23-16-5-3-4-6-17(16)28-20(21)22/h3-10,13,20H,11-12H2,1-2H3,(H,23,24). The van der Waals surface area contributed by atoms with E-state index in [0.717, 1.165) is 5.56 Å². The van der Waals surface area contributed by atoms with Gasteiger partial charge in [-0.2, -0.15) is 8.78 Å². The fourth-order valence-corrected chi connectivity index (χ4v) is 2.23. The topological polar surface area (TPSA) is 73.9 Å². The molecule has 0 spiro atoms. The van der Waals surface area contributed by atoms with Crippen molar-refractivity contribution in [3.63, 3.8) is 0 Å². The van der Waals surface area contributed by atoms with E-state index >= 15 is 0 Å². The van der Waals surface area contributed by atoms with Gasteiger partial charge in [0, 0.05) is 0 Å². The third kappa shape index (κ3) is 6.86. The van der Waals surface area contributed by atoms with Crippen molar-refractivity contribution in [2.24, 2.45) is 0 Å². The summed E-state index contributed by atoms with van der Waals surface area (Å²) in [6, 6.07) is 13.0. The van der Waals surface area contributed by atoms with E-state index in [-0.39, 0.29) is 18.0 Å². The van der Waals surface area contributed by atoms with Gasteiger partial charge in [0.05, 0.1) is 5.69 Å². The molecular formula is C20H21F2NO5. The zero-order chi connectivity index (χ0) is 20.5. The van der Waals surface area contributed by atoms with Gasteiger partial charge < -0.3 is 19.5 Å². The second-order valence-electron chi connectivity index (χ2n) is 6.10. The number of anilines is 1. The Balaban J connectivity index is 1.77. The molecule has 8 heteroatoms. The predicted molar refractivity (Wildman–Crippen MR) is 98.7 cm³/mol. The monoisotopic (exact) mass is 393 g/mol. The fraction of sp³-hybridized carbons (Fsp3) is 0.300. The number of amides is 1. The number of rotatable bonds is 9. The number of esters is 1. The number of hydrogen-bond donors (Lipinski definition) is 1. The molecule has 0 saturated heterocycles. The first kappa shape index (κ1) is 21.1. The van der Waals surface area contributed by atoms with Crippen LogP contribution >= 0.6 is 0 Å². The van der Waals surface area contributed by atoms with Gasteiger partial charge in [-0.05, 0) is 35.7 Å². The van der Waals surface area contributed by atoms with Crippen LogP contribution in [0.2, 0.25) is 0 Å². The molecule has 2 rings (SSSR count). The maximum atomic E-state index is 12.4. The minimum atomic E-state index is -3.03. The maximum Gasteiger partial charge on any atom is 0.387 e. The highest BCUT2D eigenvalue weighted by Gasteiger charge is 2.13. The molecular weight excluding hydrogens is 372 g/mol. The van der Waals surface area contributed by atoms with E-state index in [1.165, 1.54) is 18.2 Å². The van der Waals surface area contributed by atoms with Crippen molar-refractivity contribution in [2.45, 2.75) is 26.4 Å². The Bertz CT molecular complexity index is 793. The first-order valence-electron chi connectivity index (χ1n) is 8.57. The van der Waals surface area contributed by atoms with Gasteiger partial charge in [-0.3, -0.25) is 4.79 Å². The minimum absolute atomic E-state index is 0.0466. The molecule has 6 nitrogen and oxygen atoms in total. The number of nitrogens with one attached hydrogen (secondary N) is 1. The van der Waals surface area contributed by atoms with Gasteiger partial charge >= 0.3 is 12.6 Å². The Morgan fingerprint density at radius 2 is 1.68 bits per heavy atom. The predicted octanol–water partition coefficient (Wildman–Crippen LogP) is 3.97. The van der Waals surface area contributed by atoms with Crippen LogP contribution in [-0.2, 0) is 14.3 Å². The van der Waals surface area contributed by atoms with E-state index in [2.05, 4.69) is 23.9 Å². The van der Waals surface area contributed by atoms with Crippen LogP contribution in [0.15, 0.2) is 48.5 Å². The normalized spacial score (nSPS) is 10.6. The molecule has 150 valence electrons. The number of ether oxygens (including phenoxy) is 3. The Kier molecular flexibility index (Phi) is 7.74. The molecule has 0 fully saturated rings. The van der Waals surface area contributed by atoms with Crippen LogP contribution in [0.3, 0.4) is 0 Å². The van der Waals surface area contributed by atoms with Crippen LogP contribution < -0.4 is 14.8 Å². The van der Waals surface area contributed by atoms with Gasteiger partial charge in [-0.15, -0.1) is 0 Å². The van der Waals surface area contributed by atoms with Gasteiger partial charge in [0.1, 0.15) is 11.5 Å². The van der Waals surface area contributed by atoms with E-state index in [9.17, 15) is 18.4 Å². The van der Waals surface area contributed by atoms with Gasteiger partial charge in [0.25, 0.3) is 5.91 Å². The van der Waals surface area contributed by atoms with Crippen LogP contribution in [0.4, 0.5) is 14.5 Å². The van der Waals surface area contributed by atoms with Gasteiger partial charge in [0.2, 0.25) is 0 Å². The summed E-state index contributed by atoms with van der Waals surface area (Å²) >= 11 is 0. The van der Waals surface area contributed by atoms with E-state index in [0.29, 0.717) is 11.7 Å². The summed E-state index contributed by atoms with van der Waals surface area (Å²) in [5, 5.41) is 2.35. The Morgan fingerprint density at radius 1 is 1.00 bits per heavy atom. The van der Waals surface area contributed by atoms with Crippen LogP contribution in [-0.4, -0.2) is 31.7 Å². The van der Waals surface area contributed by atoms with Crippen molar-refractivity contribution in [2.75, 3.05) is 18.5 Å². The van der Waals surface area contributed by atoms with E-state index in [1.54, 1.807) is 18.2 Å². The molecule has 0 radical (unpaired) electrons. The second-order valence-corrected chi connectivity index (χ2v) is 6.10. The van der Waals surface area contributed by atoms with Crippen LogP contribution in [0.1, 0.15) is 25.3 Å². The van der Waals surface area contributed by atoms with Crippen molar-refractivity contribution in [3.05, 3.63) is 54.1 Å². The molecule has 0 atom stereocenters. The first-order valence-corrected chi connectivity index (χ1v) is 8.57. The molecule has 0 unspecified atom stereocenters. The Morgan fingerprint density at radius 3 is 2.32 bits per heavy atom. The lowest BCUT2D eigenvalue weighted by atomic mass is 10.0. The number of carbonyl (C=O) groups excluding carboxylic acids is 2. The van der Waals surface area contributed by atoms with Crippen molar-refractivity contribution >= 4 is 17.6 Å². The Labute approximate surface area is 161 Å². The molecule has 0 heterocycles. The smallest absolute Gasteiger partial charge is 0.387 e. The number of hydrogen-bond acceptors (Lipinski definition) is 5. The molecule has 0 aliphatic heterocycles. The molecule has 1 amide bonds. The summed E-state index contributed by atoms with van der Waals surface area (Å²) in [4.78, 5) is 23.6. The SMILES string of the molecule is CC(C)c1ccc(OCC(=O)OCC(=O)Nc2ccccc2OC(F)F)cc1. The van der Waals surface area contributed by atoms with Crippen LogP contribution in [0, 0.1) is 0 Å². The summed E-state index contributed by atoms with van der Waals surface area (Å²) in [5.74, 6) is -0.733. The van der Waals surface area contributed by atoms with E-state index in [1.807, 2.05) is 12.1 Å². The average Bonchev–Trinajstić information content (AvgIpc) is 2.66. The molecule has 28 heavy (non-hydrogen) atoms. The van der Waals surface area contributed by atoms with Crippen molar-refractivity contribution < 1.29 is 32.6 Å². The Hall–Kier alpha value is -3.16. The third-order valence-corrected chi connectivity index (χ3v) is 3.64. The van der Waals surface area contributed by atoms with Gasteiger partial charge in [-0.1, -0.05) is 38.1 Å². The number of alkyl halides is 2. The number of carbonyl (C=O) groups is 2. The van der Waals surface area contributed by atoms with Crippen LogP contribution in [0.5, 0.6) is 11.5 Å². The zero-order valence-corrected chi connectivity index (χ0v) is 15.5. The minimum Gasteiger partial charge on any atom is -0.482 e. The van der Waals surface area contributed by atoms with Crippen LogP contribution in [0.25, 0.3) is 0 Å². The average molecular weight is 393 g/mol. The number of benzene rings is 2. The summed E-state index contributed by atoms with van der Waals surface area (Å²) in [6.07, 6.45) is 0. The highest BCUT2D eigenvalue weighted by molar-refractivity contribution is 5.94. The highest BCUT2D eigenvalue weighted by atomic mass is 19.3. The first-order chi connectivity index (χ1) is 13.3. The summed E-state index contributed by atoms with van der Waals surface area (Å²) in [7, 11) is 0. The third-order valence-electron chi connectivity index (χ3n) is 3.64. The zero-order valence-electron chi connectivity index (χ0n) is 15.5. The fourth-order valence-electron chi connectivity index (χ4n) is 2.23. The molecule has 1 N–H and O–H groups in total. The lowest BCUT2D eigenvalue weighted by Gasteiger charge is -2.12. The quantitative estimate of drug-likeness (QED) is 0.653. The molecule has 0 aliphatic rings. The lowest BCUT2D eigenvalue weighted by molar-refractivity contribution is -0.149.